The Morgan fingerprint density at radius 2 is 0.868 bits per heavy atom. The molecule has 6 aromatic rings. The number of carbonyl (C=O) groups is 2. The zero-order valence-corrected chi connectivity index (χ0v) is 31.4. The van der Waals surface area contributed by atoms with E-state index in [-0.39, 0.29) is 44.9 Å². The number of rotatable bonds is 10. The van der Waals surface area contributed by atoms with Gasteiger partial charge in [-0.15, -0.1) is 36.4 Å². The van der Waals surface area contributed by atoms with Crippen molar-refractivity contribution in [2.75, 3.05) is 22.9 Å². The summed E-state index contributed by atoms with van der Waals surface area (Å²) in [5.74, 6) is -3.87. The van der Waals surface area contributed by atoms with Gasteiger partial charge < -0.3 is 9.80 Å². The van der Waals surface area contributed by atoms with Gasteiger partial charge in [0.25, 0.3) is 0 Å². The largest absolute Gasteiger partial charge is 4.00 e. The molecule has 0 saturated carbocycles. The maximum absolute atomic E-state index is 13.9. The molecular formula is C44H42F4N2O2Ti. The monoisotopic (exact) mass is 754 g/mol. The summed E-state index contributed by atoms with van der Waals surface area (Å²) in [5, 5.41) is 0. The van der Waals surface area contributed by atoms with E-state index in [1.54, 1.807) is 60.7 Å². The molecule has 0 unspecified atom stereocenters. The van der Waals surface area contributed by atoms with Crippen LogP contribution in [0.25, 0.3) is 0 Å². The molecule has 6 rings (SSSR count). The molecule has 0 saturated heterocycles. The number of halogens is 4. The summed E-state index contributed by atoms with van der Waals surface area (Å²) in [7, 11) is 0. The van der Waals surface area contributed by atoms with Gasteiger partial charge in [-0.3, -0.25) is 9.59 Å². The van der Waals surface area contributed by atoms with Crippen molar-refractivity contribution in [1.29, 1.82) is 0 Å². The summed E-state index contributed by atoms with van der Waals surface area (Å²) in [6, 6.07) is 46.0. The molecule has 0 fully saturated rings. The fourth-order valence-corrected chi connectivity index (χ4v) is 4.70. The molecule has 0 aliphatic carbocycles. The molecule has 0 aromatic heterocycles. The topological polar surface area (TPSA) is 40.6 Å². The molecule has 0 heterocycles. The predicted molar refractivity (Wildman–Crippen MR) is 201 cm³/mol. The van der Waals surface area contributed by atoms with Gasteiger partial charge in [0.05, 0.1) is 0 Å². The predicted octanol–water partition coefficient (Wildman–Crippen LogP) is 11.2. The Balaban J connectivity index is 0.000000285. The molecule has 2 amide bonds. The quantitative estimate of drug-likeness (QED) is 0.0794. The minimum absolute atomic E-state index is 0. The molecule has 272 valence electrons. The molecule has 6 aromatic carbocycles. The average Bonchev–Trinajstić information content (AvgIpc) is 3.95. The van der Waals surface area contributed by atoms with Crippen LogP contribution in [0.1, 0.15) is 60.2 Å². The van der Waals surface area contributed by atoms with E-state index in [0.29, 0.717) is 24.2 Å². The van der Waals surface area contributed by atoms with Crippen molar-refractivity contribution in [3.63, 3.8) is 0 Å². The van der Waals surface area contributed by atoms with E-state index in [9.17, 15) is 27.2 Å². The summed E-state index contributed by atoms with van der Waals surface area (Å²) >= 11 is 0. The van der Waals surface area contributed by atoms with Gasteiger partial charge in [0.1, 0.15) is 0 Å². The van der Waals surface area contributed by atoms with Crippen LogP contribution in [0.3, 0.4) is 0 Å². The Hall–Kier alpha value is -5.05. The van der Waals surface area contributed by atoms with Gasteiger partial charge in [-0.2, -0.15) is 36.4 Å². The van der Waals surface area contributed by atoms with E-state index in [0.717, 1.165) is 37.8 Å². The maximum Gasteiger partial charge on any atom is 4.00 e. The zero-order valence-electron chi connectivity index (χ0n) is 29.8. The van der Waals surface area contributed by atoms with Crippen LogP contribution < -0.4 is 9.80 Å². The summed E-state index contributed by atoms with van der Waals surface area (Å²) in [4.78, 5) is 27.8. The first kappa shape index (κ1) is 44.1. The summed E-state index contributed by atoms with van der Waals surface area (Å²) in [6.07, 6.45) is 3.20. The standard InChI is InChI=1S/2C17H16F2NO.2C5H5.Ti/c2*1-2-3-11-20(16-10-9-14(18)12-15(16)19)17(21)13-7-5-4-6-8-13;2*1-2-4-5-3-1;/h2*4-10H,2-3,11H2,1H3;2*1-5H;/q4*-1;+4. The molecule has 0 spiro atoms. The van der Waals surface area contributed by atoms with Gasteiger partial charge in [-0.1, -0.05) is 63.1 Å². The van der Waals surface area contributed by atoms with Gasteiger partial charge in [0.2, 0.25) is 11.8 Å². The van der Waals surface area contributed by atoms with Crippen molar-refractivity contribution < 1.29 is 48.9 Å². The third kappa shape index (κ3) is 15.2. The molecule has 0 aliphatic heterocycles. The second-order valence-electron chi connectivity index (χ2n) is 11.3. The Bertz CT molecular complexity index is 1680. The molecule has 0 N–H and O–H groups in total. The van der Waals surface area contributed by atoms with Crippen molar-refractivity contribution in [1.82, 2.24) is 0 Å². The van der Waals surface area contributed by atoms with Crippen LogP contribution >= 0.6 is 0 Å². The van der Waals surface area contributed by atoms with Crippen molar-refractivity contribution in [2.24, 2.45) is 0 Å². The van der Waals surface area contributed by atoms with E-state index < -0.39 is 23.3 Å². The number of hydrogen-bond acceptors (Lipinski definition) is 2. The SMILES string of the molecule is CCCCN(C(=O)c1ccccc1)c1ccc(F)[c-]c1F.CCCCN(C(=O)c1ccccc1)c1ccc(F)[c-]c1F.[Ti+4].c1cc[cH-]c1.c1cc[cH-]c1. The van der Waals surface area contributed by atoms with E-state index in [1.165, 1.54) is 21.9 Å². The maximum atomic E-state index is 13.9. The van der Waals surface area contributed by atoms with E-state index in [4.69, 9.17) is 0 Å². The first-order valence-electron chi connectivity index (χ1n) is 17.1. The molecular weight excluding hydrogens is 712 g/mol. The number of benzene rings is 4. The number of nitrogens with zero attached hydrogens (tertiary/aromatic N) is 2. The number of unbranched alkanes of at least 4 members (excludes halogenated alkanes) is 2. The van der Waals surface area contributed by atoms with Crippen LogP contribution in [0.5, 0.6) is 0 Å². The number of hydrogen-bond donors (Lipinski definition) is 0. The summed E-state index contributed by atoms with van der Waals surface area (Å²) in [5.41, 5.74) is 1.05. The van der Waals surface area contributed by atoms with Crippen molar-refractivity contribution >= 4 is 23.2 Å². The van der Waals surface area contributed by atoms with Crippen molar-refractivity contribution in [3.05, 3.63) is 192 Å². The second kappa shape index (κ2) is 25.0. The Kier molecular flexibility index (Phi) is 20.8. The molecule has 0 radical (unpaired) electrons. The van der Waals surface area contributed by atoms with Crippen LogP contribution in [0, 0.1) is 35.4 Å². The molecule has 0 bridgehead atoms. The molecule has 53 heavy (non-hydrogen) atoms. The number of amides is 2. The Morgan fingerprint density at radius 3 is 1.13 bits per heavy atom. The third-order valence-electron chi connectivity index (χ3n) is 7.38. The van der Waals surface area contributed by atoms with Gasteiger partial charge in [0.15, 0.2) is 0 Å². The fraction of sp³-hybridized carbons (Fsp3) is 0.182. The first-order valence-corrected chi connectivity index (χ1v) is 17.1. The van der Waals surface area contributed by atoms with Crippen LogP contribution in [0.4, 0.5) is 28.9 Å². The minimum atomic E-state index is -0.851. The summed E-state index contributed by atoms with van der Waals surface area (Å²) < 4.78 is 53.8. The van der Waals surface area contributed by atoms with Crippen molar-refractivity contribution in [3.8, 4) is 0 Å². The van der Waals surface area contributed by atoms with Crippen LogP contribution in [0.15, 0.2) is 146 Å². The fourth-order valence-electron chi connectivity index (χ4n) is 4.70. The zero-order chi connectivity index (χ0) is 37.6. The molecule has 0 atom stereocenters. The van der Waals surface area contributed by atoms with E-state index in [2.05, 4.69) is 0 Å². The smallest absolute Gasteiger partial charge is 0.359 e. The third-order valence-corrected chi connectivity index (χ3v) is 7.38. The van der Waals surface area contributed by atoms with Crippen LogP contribution in [-0.4, -0.2) is 24.9 Å². The van der Waals surface area contributed by atoms with Crippen LogP contribution in [0.2, 0.25) is 0 Å². The first-order chi connectivity index (χ1) is 25.3. The number of anilines is 2. The van der Waals surface area contributed by atoms with Gasteiger partial charge in [-0.05, 0) is 48.5 Å². The normalized spacial score (nSPS) is 9.77. The van der Waals surface area contributed by atoms with Gasteiger partial charge >= 0.3 is 21.7 Å². The van der Waals surface area contributed by atoms with Gasteiger partial charge in [-0.25, -0.2) is 41.8 Å². The summed E-state index contributed by atoms with van der Waals surface area (Å²) in [6.45, 7) is 4.72. The van der Waals surface area contributed by atoms with E-state index in [1.807, 2.05) is 86.6 Å². The molecule has 9 heteroatoms. The molecule has 4 nitrogen and oxygen atoms in total. The average molecular weight is 755 g/mol. The molecule has 0 aliphatic rings. The Labute approximate surface area is 325 Å². The Morgan fingerprint density at radius 1 is 0.528 bits per heavy atom. The minimum Gasteiger partial charge on any atom is -0.359 e. The second-order valence-corrected chi connectivity index (χ2v) is 11.3. The van der Waals surface area contributed by atoms with Crippen LogP contribution in [-0.2, 0) is 21.7 Å². The van der Waals surface area contributed by atoms with Gasteiger partial charge in [0, 0.05) is 47.5 Å². The van der Waals surface area contributed by atoms with E-state index >= 15 is 0 Å². The number of carbonyl (C=O) groups excluding carboxylic acids is 2. The van der Waals surface area contributed by atoms with Crippen molar-refractivity contribution in [2.45, 2.75) is 39.5 Å².